The third-order valence-corrected chi connectivity index (χ3v) is 6.64. The minimum absolute atomic E-state index is 0.0380. The lowest BCUT2D eigenvalue weighted by Crippen LogP contribution is -2.41. The second-order valence-corrected chi connectivity index (χ2v) is 9.57. The van der Waals surface area contributed by atoms with Crippen molar-refractivity contribution in [1.29, 1.82) is 0 Å². The number of tetrazole rings is 1. The summed E-state index contributed by atoms with van der Waals surface area (Å²) in [5, 5.41) is 11.6. The molecule has 0 bridgehead atoms. The summed E-state index contributed by atoms with van der Waals surface area (Å²) in [6.45, 7) is 3.12. The van der Waals surface area contributed by atoms with Gasteiger partial charge < -0.3 is 9.80 Å². The van der Waals surface area contributed by atoms with Crippen LogP contribution < -0.4 is 0 Å². The number of carbonyl (C=O) groups excluding carboxylic acids is 2. The predicted octanol–water partition coefficient (Wildman–Crippen LogP) is 4.21. The summed E-state index contributed by atoms with van der Waals surface area (Å²) in [5.74, 6) is -0.261. The van der Waals surface area contributed by atoms with Crippen molar-refractivity contribution in [3.63, 3.8) is 0 Å². The normalized spacial score (nSPS) is 14.7. The third-order valence-electron chi connectivity index (χ3n) is 6.64. The lowest BCUT2D eigenvalue weighted by atomic mass is 9.95. The molecule has 0 atom stereocenters. The number of carbonyl (C=O) groups is 2. The van der Waals surface area contributed by atoms with Crippen LogP contribution in [0.2, 0.25) is 0 Å². The molecular weight excluding hydrogens is 516 g/mol. The Morgan fingerprint density at radius 2 is 1.79 bits per heavy atom. The maximum atomic E-state index is 13.3. The molecule has 2 amide bonds. The fourth-order valence-corrected chi connectivity index (χ4v) is 4.48. The molecule has 12 heteroatoms. The second kappa shape index (κ2) is 11.7. The molecular formula is C27H28F4N6O2. The van der Waals surface area contributed by atoms with E-state index in [0.29, 0.717) is 55.0 Å². The van der Waals surface area contributed by atoms with E-state index in [2.05, 4.69) is 15.4 Å². The Kier molecular flexibility index (Phi) is 8.41. The van der Waals surface area contributed by atoms with Gasteiger partial charge in [0.15, 0.2) is 5.82 Å². The average Bonchev–Trinajstić information content (AvgIpc) is 3.31. The number of hydrogen-bond acceptors (Lipinski definition) is 5. The van der Waals surface area contributed by atoms with E-state index in [1.807, 2.05) is 0 Å². The van der Waals surface area contributed by atoms with E-state index >= 15 is 0 Å². The standard InChI is InChI=1S/C27H28F4N6O2/c1-18-32-34-37(33-18)17-22-15-23(27(29,30)31)7-3-20(22)6-10-25(38)35(2)16-19-11-13-36(14-12-19)26(39)21-4-8-24(28)9-5-21/h3-10,15,19H,11-14,16-17H2,1-2H3/b10-6+. The van der Waals surface area contributed by atoms with Gasteiger partial charge in [-0.1, -0.05) is 6.07 Å². The number of aryl methyl sites for hydroxylation is 1. The molecule has 1 aliphatic rings. The Hall–Kier alpha value is -4.09. The van der Waals surface area contributed by atoms with Crippen molar-refractivity contribution in [1.82, 2.24) is 30.0 Å². The van der Waals surface area contributed by atoms with Crippen molar-refractivity contribution in [3.05, 3.63) is 82.4 Å². The summed E-state index contributed by atoms with van der Waals surface area (Å²) in [5.41, 5.74) is 0.364. The van der Waals surface area contributed by atoms with Crippen molar-refractivity contribution < 1.29 is 27.2 Å². The van der Waals surface area contributed by atoms with Crippen molar-refractivity contribution in [2.75, 3.05) is 26.7 Å². The molecule has 4 rings (SSSR count). The van der Waals surface area contributed by atoms with Gasteiger partial charge in [-0.15, -0.1) is 10.2 Å². The van der Waals surface area contributed by atoms with Gasteiger partial charge in [-0.05, 0) is 84.5 Å². The van der Waals surface area contributed by atoms with Crippen LogP contribution in [0.1, 0.15) is 45.7 Å². The van der Waals surface area contributed by atoms with Crippen LogP contribution in [0.25, 0.3) is 6.08 Å². The van der Waals surface area contributed by atoms with E-state index in [4.69, 9.17) is 0 Å². The number of halogens is 4. The molecule has 0 N–H and O–H groups in total. The number of amides is 2. The maximum Gasteiger partial charge on any atom is 0.416 e. The summed E-state index contributed by atoms with van der Waals surface area (Å²) < 4.78 is 53.0. The van der Waals surface area contributed by atoms with Crippen LogP contribution in [-0.4, -0.2) is 68.5 Å². The van der Waals surface area contributed by atoms with Crippen molar-refractivity contribution in [3.8, 4) is 0 Å². The molecule has 8 nitrogen and oxygen atoms in total. The van der Waals surface area contributed by atoms with Crippen molar-refractivity contribution >= 4 is 17.9 Å². The number of nitrogens with zero attached hydrogens (tertiary/aromatic N) is 6. The maximum absolute atomic E-state index is 13.3. The first-order valence-corrected chi connectivity index (χ1v) is 12.4. The summed E-state index contributed by atoms with van der Waals surface area (Å²) in [4.78, 5) is 29.9. The average molecular weight is 545 g/mol. The van der Waals surface area contributed by atoms with Gasteiger partial charge in [0, 0.05) is 38.3 Å². The molecule has 2 heterocycles. The van der Waals surface area contributed by atoms with E-state index in [-0.39, 0.29) is 24.3 Å². The largest absolute Gasteiger partial charge is 0.416 e. The first-order chi connectivity index (χ1) is 18.5. The van der Waals surface area contributed by atoms with Crippen LogP contribution in [0.5, 0.6) is 0 Å². The minimum Gasteiger partial charge on any atom is -0.342 e. The highest BCUT2D eigenvalue weighted by molar-refractivity contribution is 5.94. The van der Waals surface area contributed by atoms with Crippen LogP contribution in [0.15, 0.2) is 48.5 Å². The fourth-order valence-electron chi connectivity index (χ4n) is 4.48. The molecule has 1 saturated heterocycles. The molecule has 0 saturated carbocycles. The minimum atomic E-state index is -4.52. The molecule has 3 aromatic rings. The van der Waals surface area contributed by atoms with Gasteiger partial charge in [-0.25, -0.2) is 4.39 Å². The monoisotopic (exact) mass is 544 g/mol. The Bertz CT molecular complexity index is 1350. The van der Waals surface area contributed by atoms with Gasteiger partial charge in [0.25, 0.3) is 5.91 Å². The lowest BCUT2D eigenvalue weighted by Gasteiger charge is -2.33. The number of alkyl halides is 3. The number of likely N-dealkylation sites (tertiary alicyclic amines) is 1. The topological polar surface area (TPSA) is 84.2 Å². The molecule has 1 fully saturated rings. The van der Waals surface area contributed by atoms with Crippen molar-refractivity contribution in [2.45, 2.75) is 32.5 Å². The summed E-state index contributed by atoms with van der Waals surface area (Å²) >= 11 is 0. The number of rotatable bonds is 7. The molecule has 0 aliphatic carbocycles. The summed E-state index contributed by atoms with van der Waals surface area (Å²) in [7, 11) is 1.67. The van der Waals surface area contributed by atoms with E-state index in [1.165, 1.54) is 47.3 Å². The molecule has 0 unspecified atom stereocenters. The SMILES string of the molecule is Cc1nnn(Cc2cc(C(F)(F)F)ccc2/C=C/C(=O)N(C)CC2CCN(C(=O)c3ccc(F)cc3)CC2)n1. The Morgan fingerprint density at radius 1 is 1.10 bits per heavy atom. The van der Waals surface area contributed by atoms with Crippen LogP contribution in [0, 0.1) is 18.7 Å². The molecule has 0 radical (unpaired) electrons. The van der Waals surface area contributed by atoms with Crippen LogP contribution in [-0.2, 0) is 17.5 Å². The first-order valence-electron chi connectivity index (χ1n) is 12.4. The zero-order valence-corrected chi connectivity index (χ0v) is 21.5. The molecule has 0 spiro atoms. The van der Waals surface area contributed by atoms with Gasteiger partial charge in [-0.3, -0.25) is 9.59 Å². The highest BCUT2D eigenvalue weighted by Crippen LogP contribution is 2.31. The summed E-state index contributed by atoms with van der Waals surface area (Å²) in [6.07, 6.45) is -0.275. The molecule has 1 aromatic heterocycles. The molecule has 39 heavy (non-hydrogen) atoms. The number of likely N-dealkylation sites (N-methyl/N-ethyl adjacent to an activating group) is 1. The number of hydrogen-bond donors (Lipinski definition) is 0. The smallest absolute Gasteiger partial charge is 0.342 e. The Morgan fingerprint density at radius 3 is 2.41 bits per heavy atom. The number of aromatic nitrogens is 4. The fraction of sp³-hybridized carbons (Fsp3) is 0.370. The van der Waals surface area contributed by atoms with Gasteiger partial charge in [0.1, 0.15) is 5.82 Å². The quantitative estimate of drug-likeness (QED) is 0.329. The highest BCUT2D eigenvalue weighted by atomic mass is 19.4. The van der Waals surface area contributed by atoms with Crippen LogP contribution in [0.3, 0.4) is 0 Å². The van der Waals surface area contributed by atoms with E-state index in [1.54, 1.807) is 23.8 Å². The predicted molar refractivity (Wildman–Crippen MR) is 135 cm³/mol. The lowest BCUT2D eigenvalue weighted by molar-refractivity contribution is -0.137. The molecule has 206 valence electrons. The van der Waals surface area contributed by atoms with Gasteiger partial charge in [-0.2, -0.15) is 18.0 Å². The van der Waals surface area contributed by atoms with Crippen LogP contribution >= 0.6 is 0 Å². The number of piperidine rings is 1. The van der Waals surface area contributed by atoms with Crippen molar-refractivity contribution in [2.24, 2.45) is 5.92 Å². The Balaban J connectivity index is 1.36. The van der Waals surface area contributed by atoms with Gasteiger partial charge in [0.2, 0.25) is 5.91 Å². The zero-order valence-electron chi connectivity index (χ0n) is 21.5. The molecule has 1 aliphatic heterocycles. The van der Waals surface area contributed by atoms with Gasteiger partial charge in [0.05, 0.1) is 12.1 Å². The van der Waals surface area contributed by atoms with E-state index in [9.17, 15) is 27.2 Å². The summed E-state index contributed by atoms with van der Waals surface area (Å²) in [6, 6.07) is 8.76. The zero-order chi connectivity index (χ0) is 28.2. The van der Waals surface area contributed by atoms with Gasteiger partial charge >= 0.3 is 6.18 Å². The van der Waals surface area contributed by atoms with E-state index in [0.717, 1.165) is 12.1 Å². The third kappa shape index (κ3) is 7.27. The second-order valence-electron chi connectivity index (χ2n) is 9.57. The first kappa shape index (κ1) is 27.9. The van der Waals surface area contributed by atoms with E-state index < -0.39 is 17.6 Å². The van der Waals surface area contributed by atoms with Crippen LogP contribution in [0.4, 0.5) is 17.6 Å². The highest BCUT2D eigenvalue weighted by Gasteiger charge is 2.31. The Labute approximate surface area is 222 Å². The molecule has 2 aromatic carbocycles. The number of benzene rings is 2.